The molecule has 1 unspecified atom stereocenters. The van der Waals surface area contributed by atoms with Crippen LogP contribution in [-0.4, -0.2) is 16.1 Å². The van der Waals surface area contributed by atoms with Crippen LogP contribution in [0.1, 0.15) is 17.4 Å². The summed E-state index contributed by atoms with van der Waals surface area (Å²) in [6.07, 6.45) is 7.95. The van der Waals surface area contributed by atoms with Crippen molar-refractivity contribution in [2.45, 2.75) is 6.92 Å². The second-order valence-corrected chi connectivity index (χ2v) is 3.43. The van der Waals surface area contributed by atoms with E-state index in [0.29, 0.717) is 5.92 Å². The van der Waals surface area contributed by atoms with Crippen LogP contribution >= 0.6 is 0 Å². The van der Waals surface area contributed by atoms with E-state index in [0.717, 1.165) is 10.6 Å². The van der Waals surface area contributed by atoms with E-state index in [4.69, 9.17) is 5.11 Å². The van der Waals surface area contributed by atoms with Gasteiger partial charge in [-0.2, -0.15) is 0 Å². The Morgan fingerprint density at radius 3 is 3.07 bits per heavy atom. The van der Waals surface area contributed by atoms with Gasteiger partial charge in [0.1, 0.15) is 5.69 Å². The smallest absolute Gasteiger partial charge is 0.352 e. The van der Waals surface area contributed by atoms with E-state index in [1.165, 1.54) is 0 Å². The van der Waals surface area contributed by atoms with E-state index in [1.54, 1.807) is 6.07 Å². The SMILES string of the molecule is CC1C=CC=c2cc(C(=O)O)[nH]c2=C1. The van der Waals surface area contributed by atoms with Crippen molar-refractivity contribution >= 4 is 18.1 Å². The number of carboxylic acid groups (broad SMARTS) is 1. The molecule has 0 aromatic carbocycles. The number of H-pyrrole nitrogens is 1. The van der Waals surface area contributed by atoms with Crippen molar-refractivity contribution in [1.29, 1.82) is 0 Å². The molecule has 0 radical (unpaired) electrons. The van der Waals surface area contributed by atoms with Gasteiger partial charge >= 0.3 is 5.97 Å². The second-order valence-electron chi connectivity index (χ2n) is 3.43. The third-order valence-corrected chi connectivity index (χ3v) is 2.23. The van der Waals surface area contributed by atoms with Crippen molar-refractivity contribution in [3.05, 3.63) is 34.5 Å². The van der Waals surface area contributed by atoms with Gasteiger partial charge in [-0.25, -0.2) is 4.79 Å². The summed E-state index contributed by atoms with van der Waals surface area (Å²) in [5, 5.41) is 10.6. The molecule has 0 bridgehead atoms. The van der Waals surface area contributed by atoms with Crippen LogP contribution in [0, 0.1) is 5.92 Å². The molecular weight excluding hydrogens is 178 g/mol. The number of hydrogen-bond acceptors (Lipinski definition) is 1. The number of allylic oxidation sites excluding steroid dienone is 2. The molecule has 1 aliphatic carbocycles. The summed E-state index contributed by atoms with van der Waals surface area (Å²) < 4.78 is 0. The third-order valence-electron chi connectivity index (χ3n) is 2.23. The monoisotopic (exact) mass is 189 g/mol. The molecule has 2 N–H and O–H groups in total. The van der Waals surface area contributed by atoms with E-state index in [2.05, 4.69) is 18.0 Å². The number of carboxylic acids is 1. The summed E-state index contributed by atoms with van der Waals surface area (Å²) in [5.74, 6) is -0.593. The zero-order valence-electron chi connectivity index (χ0n) is 7.82. The maximum atomic E-state index is 10.7. The normalized spacial score (nSPS) is 19.1. The van der Waals surface area contributed by atoms with Crippen LogP contribution in [0.4, 0.5) is 0 Å². The molecule has 0 saturated heterocycles. The first kappa shape index (κ1) is 8.81. The Bertz CT molecular complexity index is 508. The van der Waals surface area contributed by atoms with E-state index in [-0.39, 0.29) is 5.69 Å². The molecule has 2 rings (SSSR count). The first-order valence-electron chi connectivity index (χ1n) is 4.49. The lowest BCUT2D eigenvalue weighted by Crippen LogP contribution is -2.21. The number of aromatic amines is 1. The first-order chi connectivity index (χ1) is 6.66. The van der Waals surface area contributed by atoms with Gasteiger partial charge < -0.3 is 10.1 Å². The van der Waals surface area contributed by atoms with Gasteiger partial charge in [0.25, 0.3) is 0 Å². The number of aromatic carboxylic acids is 1. The molecule has 3 heteroatoms. The lowest BCUT2D eigenvalue weighted by atomic mass is 10.2. The molecule has 3 nitrogen and oxygen atoms in total. The molecule has 0 fully saturated rings. The molecule has 1 heterocycles. The number of rotatable bonds is 1. The molecule has 1 atom stereocenters. The van der Waals surface area contributed by atoms with Crippen LogP contribution in [0.25, 0.3) is 12.2 Å². The lowest BCUT2D eigenvalue weighted by molar-refractivity contribution is 0.0691. The van der Waals surface area contributed by atoms with Crippen molar-refractivity contribution < 1.29 is 9.90 Å². The minimum atomic E-state index is -0.920. The summed E-state index contributed by atoms with van der Waals surface area (Å²) >= 11 is 0. The lowest BCUT2D eigenvalue weighted by Gasteiger charge is -1.92. The van der Waals surface area contributed by atoms with Crippen molar-refractivity contribution in [2.75, 3.05) is 0 Å². The molecule has 1 aromatic heterocycles. The van der Waals surface area contributed by atoms with Crippen LogP contribution in [0.2, 0.25) is 0 Å². The molecule has 72 valence electrons. The number of nitrogens with one attached hydrogen (secondary N) is 1. The molecule has 0 amide bonds. The van der Waals surface area contributed by atoms with E-state index >= 15 is 0 Å². The zero-order chi connectivity index (χ0) is 10.1. The largest absolute Gasteiger partial charge is 0.477 e. The molecule has 1 aromatic rings. The fourth-order valence-corrected chi connectivity index (χ4v) is 1.53. The third kappa shape index (κ3) is 1.48. The highest BCUT2D eigenvalue weighted by atomic mass is 16.4. The van der Waals surface area contributed by atoms with Crippen LogP contribution in [0.3, 0.4) is 0 Å². The average molecular weight is 189 g/mol. The van der Waals surface area contributed by atoms with Crippen molar-refractivity contribution in [3.63, 3.8) is 0 Å². The highest BCUT2D eigenvalue weighted by molar-refractivity contribution is 5.85. The minimum absolute atomic E-state index is 0.241. The number of fused-ring (bicyclic) bond motifs is 1. The van der Waals surface area contributed by atoms with Gasteiger partial charge in [-0.05, 0) is 17.2 Å². The number of carbonyl (C=O) groups is 1. The quantitative estimate of drug-likeness (QED) is 0.675. The van der Waals surface area contributed by atoms with Crippen LogP contribution in [0.15, 0.2) is 18.2 Å². The van der Waals surface area contributed by atoms with Gasteiger partial charge in [0.2, 0.25) is 0 Å². The van der Waals surface area contributed by atoms with Crippen LogP contribution < -0.4 is 10.6 Å². The van der Waals surface area contributed by atoms with E-state index < -0.39 is 5.97 Å². The molecule has 14 heavy (non-hydrogen) atoms. The summed E-state index contributed by atoms with van der Waals surface area (Å²) in [4.78, 5) is 13.6. The fraction of sp³-hybridized carbons (Fsp3) is 0.182. The molecule has 1 aliphatic rings. The highest BCUT2D eigenvalue weighted by Crippen LogP contribution is 2.00. The highest BCUT2D eigenvalue weighted by Gasteiger charge is 2.05. The van der Waals surface area contributed by atoms with Crippen molar-refractivity contribution in [3.8, 4) is 0 Å². The predicted octanol–water partition coefficient (Wildman–Crippen LogP) is 0.480. The van der Waals surface area contributed by atoms with Crippen molar-refractivity contribution in [2.24, 2.45) is 5.92 Å². The summed E-state index contributed by atoms with van der Waals surface area (Å²) in [5.41, 5.74) is 0.241. The van der Waals surface area contributed by atoms with Crippen LogP contribution in [0.5, 0.6) is 0 Å². The maximum absolute atomic E-state index is 10.7. The number of aromatic nitrogens is 1. The Morgan fingerprint density at radius 2 is 2.36 bits per heavy atom. The topological polar surface area (TPSA) is 53.1 Å². The molecule has 0 saturated carbocycles. The summed E-state index contributed by atoms with van der Waals surface area (Å²) in [6.45, 7) is 2.06. The van der Waals surface area contributed by atoms with Gasteiger partial charge in [0.05, 0.1) is 0 Å². The Morgan fingerprint density at radius 1 is 1.57 bits per heavy atom. The van der Waals surface area contributed by atoms with Crippen LogP contribution in [-0.2, 0) is 0 Å². The Balaban J connectivity index is 2.67. The first-order valence-corrected chi connectivity index (χ1v) is 4.49. The Kier molecular flexibility index (Phi) is 2.00. The standard InChI is InChI=1S/C11H11NO2/c1-7-3-2-4-8-6-10(11(13)14)12-9(8)5-7/h2-7,12H,1H3,(H,13,14). The van der Waals surface area contributed by atoms with Gasteiger partial charge in [-0.3, -0.25) is 0 Å². The summed E-state index contributed by atoms with van der Waals surface area (Å²) in [7, 11) is 0. The number of hydrogen-bond donors (Lipinski definition) is 2. The average Bonchev–Trinajstić information content (AvgIpc) is 2.42. The predicted molar refractivity (Wildman–Crippen MR) is 54.2 cm³/mol. The second kappa shape index (κ2) is 3.18. The van der Waals surface area contributed by atoms with Gasteiger partial charge in [0.15, 0.2) is 0 Å². The molecule has 0 spiro atoms. The van der Waals surface area contributed by atoms with Gasteiger partial charge in [-0.15, -0.1) is 0 Å². The Hall–Kier alpha value is -1.77. The Labute approximate surface area is 81.1 Å². The van der Waals surface area contributed by atoms with Gasteiger partial charge in [-0.1, -0.05) is 31.2 Å². The minimum Gasteiger partial charge on any atom is -0.477 e. The zero-order valence-corrected chi connectivity index (χ0v) is 7.82. The van der Waals surface area contributed by atoms with E-state index in [9.17, 15) is 4.79 Å². The summed E-state index contributed by atoms with van der Waals surface area (Å²) in [6, 6.07) is 1.65. The maximum Gasteiger partial charge on any atom is 0.352 e. The molecular formula is C11H11NO2. The van der Waals surface area contributed by atoms with Crippen molar-refractivity contribution in [1.82, 2.24) is 4.98 Å². The molecule has 0 aliphatic heterocycles. The van der Waals surface area contributed by atoms with E-state index in [1.807, 2.05) is 18.2 Å². The fourth-order valence-electron chi connectivity index (χ4n) is 1.53. The van der Waals surface area contributed by atoms with Gasteiger partial charge in [0, 0.05) is 5.35 Å².